The second kappa shape index (κ2) is 6.24. The predicted octanol–water partition coefficient (Wildman–Crippen LogP) is 1.45. The second-order valence-corrected chi connectivity index (χ2v) is 5.67. The lowest BCUT2D eigenvalue weighted by molar-refractivity contribution is 0.0645. The van der Waals surface area contributed by atoms with Gasteiger partial charge >= 0.3 is 0 Å². The quantitative estimate of drug-likeness (QED) is 0.648. The molecule has 0 aromatic heterocycles. The third-order valence-electron chi connectivity index (χ3n) is 4.03. The van der Waals surface area contributed by atoms with Crippen molar-refractivity contribution >= 4 is 11.6 Å². The molecule has 5 heteroatoms. The average Bonchev–Trinajstić information content (AvgIpc) is 2.45. The van der Waals surface area contributed by atoms with Crippen LogP contribution in [-0.2, 0) is 0 Å². The van der Waals surface area contributed by atoms with Gasteiger partial charge in [0.1, 0.15) is 0 Å². The molecule has 1 aliphatic heterocycles. The van der Waals surface area contributed by atoms with Gasteiger partial charge in [-0.15, -0.1) is 0 Å². The number of aryl methyl sites for hydroxylation is 1. The third-order valence-corrected chi connectivity index (χ3v) is 4.03. The number of benzene rings is 1. The molecule has 1 aliphatic rings. The summed E-state index contributed by atoms with van der Waals surface area (Å²) >= 11 is 0. The summed E-state index contributed by atoms with van der Waals surface area (Å²) in [6.07, 6.45) is 2.19. The van der Waals surface area contributed by atoms with Crippen LogP contribution >= 0.6 is 0 Å². The van der Waals surface area contributed by atoms with E-state index in [0.29, 0.717) is 11.3 Å². The van der Waals surface area contributed by atoms with Crippen LogP contribution in [0.25, 0.3) is 0 Å². The number of piperidine rings is 1. The Bertz CT molecular complexity index is 489. The maximum atomic E-state index is 12.7. The van der Waals surface area contributed by atoms with E-state index in [-0.39, 0.29) is 11.9 Å². The van der Waals surface area contributed by atoms with E-state index < -0.39 is 0 Å². The molecule has 1 atom stereocenters. The van der Waals surface area contributed by atoms with Crippen molar-refractivity contribution in [1.29, 1.82) is 0 Å². The number of carbonyl (C=O) groups is 1. The number of hydrazine groups is 1. The Morgan fingerprint density at radius 2 is 2.25 bits per heavy atom. The lowest BCUT2D eigenvalue weighted by Gasteiger charge is -2.36. The molecule has 110 valence electrons. The highest BCUT2D eigenvalue weighted by Gasteiger charge is 2.26. The van der Waals surface area contributed by atoms with Crippen molar-refractivity contribution in [2.24, 2.45) is 5.84 Å². The summed E-state index contributed by atoms with van der Waals surface area (Å²) in [5.41, 5.74) is 5.02. The number of likely N-dealkylation sites (N-methyl/N-ethyl adjacent to an activating group) is 2. The van der Waals surface area contributed by atoms with Gasteiger partial charge in [0.25, 0.3) is 5.91 Å². The Balaban J connectivity index is 2.18. The van der Waals surface area contributed by atoms with E-state index in [1.54, 1.807) is 0 Å². The number of hydrogen-bond acceptors (Lipinski definition) is 4. The summed E-state index contributed by atoms with van der Waals surface area (Å²) in [7, 11) is 3.98. The highest BCUT2D eigenvalue weighted by atomic mass is 16.2. The van der Waals surface area contributed by atoms with Crippen molar-refractivity contribution in [3.05, 3.63) is 29.3 Å². The van der Waals surface area contributed by atoms with Crippen molar-refractivity contribution in [2.45, 2.75) is 25.8 Å². The zero-order valence-electron chi connectivity index (χ0n) is 12.5. The molecule has 0 aliphatic carbocycles. The summed E-state index contributed by atoms with van der Waals surface area (Å²) in [5, 5.41) is 0. The molecule has 1 saturated heterocycles. The van der Waals surface area contributed by atoms with Crippen LogP contribution in [0.15, 0.2) is 18.2 Å². The molecule has 0 saturated carbocycles. The third kappa shape index (κ3) is 3.11. The number of anilines is 1. The molecule has 1 fully saturated rings. The molecule has 3 N–H and O–H groups in total. The Morgan fingerprint density at radius 1 is 1.50 bits per heavy atom. The topological polar surface area (TPSA) is 61.6 Å². The first-order valence-electron chi connectivity index (χ1n) is 7.06. The van der Waals surface area contributed by atoms with Gasteiger partial charge in [-0.05, 0) is 51.1 Å². The average molecular weight is 276 g/mol. The number of nitrogen functional groups attached to an aromatic ring is 1. The van der Waals surface area contributed by atoms with Gasteiger partial charge in [0.15, 0.2) is 0 Å². The normalized spacial score (nSPS) is 19.7. The first-order chi connectivity index (χ1) is 9.52. The molecule has 0 bridgehead atoms. The van der Waals surface area contributed by atoms with Gasteiger partial charge in [0, 0.05) is 19.6 Å². The van der Waals surface area contributed by atoms with Crippen LogP contribution in [0.4, 0.5) is 5.69 Å². The minimum atomic E-state index is 0.0262. The van der Waals surface area contributed by atoms with Crippen LogP contribution in [0.3, 0.4) is 0 Å². The van der Waals surface area contributed by atoms with E-state index in [0.717, 1.165) is 31.5 Å². The fourth-order valence-corrected chi connectivity index (χ4v) is 2.78. The van der Waals surface area contributed by atoms with Crippen molar-refractivity contribution in [1.82, 2.24) is 9.80 Å². The van der Waals surface area contributed by atoms with Gasteiger partial charge in [-0.3, -0.25) is 10.6 Å². The predicted molar refractivity (Wildman–Crippen MR) is 81.6 cm³/mol. The maximum Gasteiger partial charge on any atom is 0.256 e. The first-order valence-corrected chi connectivity index (χ1v) is 7.06. The largest absolute Gasteiger partial charge is 0.337 e. The van der Waals surface area contributed by atoms with Crippen LogP contribution in [0.1, 0.15) is 28.8 Å². The monoisotopic (exact) mass is 276 g/mol. The highest BCUT2D eigenvalue weighted by molar-refractivity contribution is 5.99. The number of carbonyl (C=O) groups excluding carboxylic acids is 1. The molecule has 1 amide bonds. The Labute approximate surface area is 120 Å². The molecule has 1 aromatic rings. The van der Waals surface area contributed by atoms with Crippen molar-refractivity contribution in [3.63, 3.8) is 0 Å². The molecule has 0 radical (unpaired) electrons. The maximum absolute atomic E-state index is 12.7. The lowest BCUT2D eigenvalue weighted by Crippen LogP contribution is -2.47. The van der Waals surface area contributed by atoms with Crippen LogP contribution in [0.2, 0.25) is 0 Å². The molecular weight excluding hydrogens is 252 g/mol. The van der Waals surface area contributed by atoms with Crippen molar-refractivity contribution < 1.29 is 4.79 Å². The van der Waals surface area contributed by atoms with Crippen molar-refractivity contribution in [3.8, 4) is 0 Å². The minimum Gasteiger partial charge on any atom is -0.337 e. The molecular formula is C15H24N4O. The number of nitrogens with zero attached hydrogens (tertiary/aromatic N) is 2. The van der Waals surface area contributed by atoms with Crippen LogP contribution < -0.4 is 11.3 Å². The smallest absolute Gasteiger partial charge is 0.256 e. The van der Waals surface area contributed by atoms with Gasteiger partial charge in [-0.1, -0.05) is 6.07 Å². The summed E-state index contributed by atoms with van der Waals surface area (Å²) in [6, 6.07) is 5.95. The zero-order valence-corrected chi connectivity index (χ0v) is 12.5. The molecule has 0 spiro atoms. The standard InChI is InChI=1S/C15H24N4O/c1-11-6-7-13(14(9-11)17-16)15(20)19(3)12-5-4-8-18(2)10-12/h6-7,9,12,17H,4-5,8,10,16H2,1-3H3. The summed E-state index contributed by atoms with van der Waals surface area (Å²) in [5.74, 6) is 5.56. The van der Waals surface area contributed by atoms with Crippen LogP contribution in [-0.4, -0.2) is 48.9 Å². The van der Waals surface area contributed by atoms with Gasteiger partial charge in [0.2, 0.25) is 0 Å². The minimum absolute atomic E-state index is 0.0262. The number of nitrogens with one attached hydrogen (secondary N) is 1. The molecule has 20 heavy (non-hydrogen) atoms. The van der Waals surface area contributed by atoms with E-state index in [1.807, 2.05) is 37.1 Å². The SMILES string of the molecule is Cc1ccc(C(=O)N(C)C2CCCN(C)C2)c(NN)c1. The molecule has 1 heterocycles. The summed E-state index contributed by atoms with van der Waals surface area (Å²) < 4.78 is 0. The second-order valence-electron chi connectivity index (χ2n) is 5.67. The Hall–Kier alpha value is -1.59. The number of rotatable bonds is 3. The van der Waals surface area contributed by atoms with E-state index in [1.165, 1.54) is 0 Å². The molecule has 1 aromatic carbocycles. The molecule has 2 rings (SSSR count). The number of likely N-dealkylation sites (tertiary alicyclic amines) is 1. The van der Waals surface area contributed by atoms with E-state index in [9.17, 15) is 4.79 Å². The fraction of sp³-hybridized carbons (Fsp3) is 0.533. The van der Waals surface area contributed by atoms with Gasteiger partial charge < -0.3 is 15.2 Å². The van der Waals surface area contributed by atoms with E-state index >= 15 is 0 Å². The number of hydrogen-bond donors (Lipinski definition) is 2. The Kier molecular flexibility index (Phi) is 4.62. The molecule has 5 nitrogen and oxygen atoms in total. The lowest BCUT2D eigenvalue weighted by atomic mass is 10.0. The zero-order chi connectivity index (χ0) is 14.7. The van der Waals surface area contributed by atoms with E-state index in [2.05, 4.69) is 17.4 Å². The highest BCUT2D eigenvalue weighted by Crippen LogP contribution is 2.21. The molecule has 1 unspecified atom stereocenters. The van der Waals surface area contributed by atoms with Gasteiger partial charge in [-0.25, -0.2) is 0 Å². The van der Waals surface area contributed by atoms with E-state index in [4.69, 9.17) is 5.84 Å². The Morgan fingerprint density at radius 3 is 2.90 bits per heavy atom. The van der Waals surface area contributed by atoms with Crippen molar-refractivity contribution in [2.75, 3.05) is 32.6 Å². The summed E-state index contributed by atoms with van der Waals surface area (Å²) in [4.78, 5) is 16.8. The van der Waals surface area contributed by atoms with Gasteiger partial charge in [0.05, 0.1) is 11.3 Å². The number of nitrogens with two attached hydrogens (primary N) is 1. The summed E-state index contributed by atoms with van der Waals surface area (Å²) in [6.45, 7) is 4.02. The van der Waals surface area contributed by atoms with Crippen LogP contribution in [0.5, 0.6) is 0 Å². The van der Waals surface area contributed by atoms with Gasteiger partial charge in [-0.2, -0.15) is 0 Å². The number of amides is 1. The van der Waals surface area contributed by atoms with Crippen LogP contribution in [0, 0.1) is 6.92 Å². The first kappa shape index (κ1) is 14.8. The fourth-order valence-electron chi connectivity index (χ4n) is 2.78.